The van der Waals surface area contributed by atoms with Crippen molar-refractivity contribution in [1.29, 1.82) is 0 Å². The number of nitrogens with zero attached hydrogens (tertiary/aromatic N) is 5. The van der Waals surface area contributed by atoms with Crippen LogP contribution in [0.2, 0.25) is 25.7 Å². The van der Waals surface area contributed by atoms with Crippen LogP contribution in [0, 0.1) is 0 Å². The molecule has 1 saturated carbocycles. The third-order valence-electron chi connectivity index (χ3n) is 5.10. The molecule has 0 N–H and O–H groups in total. The van der Waals surface area contributed by atoms with Gasteiger partial charge in [-0.3, -0.25) is 9.88 Å². The molecule has 29 heavy (non-hydrogen) atoms. The molecule has 0 amide bonds. The Bertz CT molecular complexity index is 988. The van der Waals surface area contributed by atoms with E-state index in [-0.39, 0.29) is 0 Å². The van der Waals surface area contributed by atoms with Gasteiger partial charge in [0.2, 0.25) is 5.13 Å². The van der Waals surface area contributed by atoms with Crippen molar-refractivity contribution in [2.75, 3.05) is 18.2 Å². The average Bonchev–Trinajstić information content (AvgIpc) is 3.07. The first-order chi connectivity index (χ1) is 13.9. The van der Waals surface area contributed by atoms with Gasteiger partial charge in [0.15, 0.2) is 0 Å². The predicted molar refractivity (Wildman–Crippen MR) is 125 cm³/mol. The van der Waals surface area contributed by atoms with Crippen molar-refractivity contribution >= 4 is 57.3 Å². The fourth-order valence-corrected chi connectivity index (χ4v) is 5.12. The number of anilines is 2. The van der Waals surface area contributed by atoms with Crippen LogP contribution in [-0.4, -0.2) is 41.6 Å². The third kappa shape index (κ3) is 5.20. The van der Waals surface area contributed by atoms with E-state index in [1.165, 1.54) is 19.3 Å². The van der Waals surface area contributed by atoms with Gasteiger partial charge in [-0.15, -0.1) is 10.2 Å². The van der Waals surface area contributed by atoms with Crippen molar-refractivity contribution in [2.24, 2.45) is 0 Å². The van der Waals surface area contributed by atoms with Crippen molar-refractivity contribution in [1.82, 2.24) is 20.2 Å². The first-order valence-corrected chi connectivity index (χ1v) is 15.3. The molecule has 6 nitrogen and oxygen atoms in total. The number of halogens is 1. The SMILES string of the molecule is C[Si](C)(C)CCOCN(c1ccc2ncc(Br)cc2n1)c1nnc(C2CCC2)s1. The Kier molecular flexibility index (Phi) is 6.29. The molecular weight excluding hydrogens is 466 g/mol. The maximum absolute atomic E-state index is 6.06. The van der Waals surface area contributed by atoms with Crippen LogP contribution in [0.25, 0.3) is 11.0 Å². The Morgan fingerprint density at radius 1 is 1.21 bits per heavy atom. The fraction of sp³-hybridized carbons (Fsp3) is 0.500. The zero-order valence-corrected chi connectivity index (χ0v) is 20.5. The largest absolute Gasteiger partial charge is 0.361 e. The van der Waals surface area contributed by atoms with Crippen LogP contribution in [0.5, 0.6) is 0 Å². The lowest BCUT2D eigenvalue weighted by molar-refractivity contribution is 0.153. The van der Waals surface area contributed by atoms with Crippen LogP contribution < -0.4 is 4.90 Å². The van der Waals surface area contributed by atoms with Crippen LogP contribution >= 0.6 is 27.3 Å². The number of hydrogen-bond donors (Lipinski definition) is 0. The van der Waals surface area contributed by atoms with Crippen LogP contribution in [0.1, 0.15) is 30.2 Å². The number of ether oxygens (including phenoxy) is 1. The van der Waals surface area contributed by atoms with E-state index in [9.17, 15) is 0 Å². The van der Waals surface area contributed by atoms with Crippen molar-refractivity contribution < 1.29 is 4.74 Å². The van der Waals surface area contributed by atoms with Crippen LogP contribution in [0.4, 0.5) is 10.9 Å². The summed E-state index contributed by atoms with van der Waals surface area (Å²) in [5, 5.41) is 10.9. The second-order valence-electron chi connectivity index (χ2n) is 8.69. The van der Waals surface area contributed by atoms with Gasteiger partial charge >= 0.3 is 0 Å². The molecule has 0 radical (unpaired) electrons. The zero-order chi connectivity index (χ0) is 20.4. The molecule has 4 rings (SSSR count). The summed E-state index contributed by atoms with van der Waals surface area (Å²) in [5.41, 5.74) is 1.71. The quantitative estimate of drug-likeness (QED) is 0.220. The van der Waals surface area contributed by atoms with E-state index in [0.29, 0.717) is 12.6 Å². The standard InChI is InChI=1S/C20H26BrN5OSSi/c1-29(2,3)10-9-27-13-26(20-25-24-19(28-20)14-5-4-6-14)18-8-7-16-17(23-18)11-15(21)12-22-16/h7-8,11-12,14H,4-6,9-10,13H2,1-3H3. The van der Waals surface area contributed by atoms with E-state index in [1.54, 1.807) is 17.5 Å². The van der Waals surface area contributed by atoms with Gasteiger partial charge in [-0.2, -0.15) is 0 Å². The van der Waals surface area contributed by atoms with Crippen LogP contribution in [0.3, 0.4) is 0 Å². The summed E-state index contributed by atoms with van der Waals surface area (Å²) >= 11 is 5.14. The Morgan fingerprint density at radius 3 is 2.76 bits per heavy atom. The van der Waals surface area contributed by atoms with Gasteiger partial charge in [0.1, 0.15) is 17.6 Å². The third-order valence-corrected chi connectivity index (χ3v) is 8.34. The predicted octanol–water partition coefficient (Wildman–Crippen LogP) is 5.96. The highest BCUT2D eigenvalue weighted by Crippen LogP contribution is 2.40. The normalized spacial score (nSPS) is 14.9. The van der Waals surface area contributed by atoms with Gasteiger partial charge in [-0.05, 0) is 53.0 Å². The molecule has 3 aromatic heterocycles. The molecule has 0 bridgehead atoms. The molecule has 1 aliphatic carbocycles. The molecule has 3 aromatic rings. The molecule has 0 aliphatic heterocycles. The maximum atomic E-state index is 6.06. The van der Waals surface area contributed by atoms with Crippen molar-refractivity contribution in [3.05, 3.63) is 33.9 Å². The molecule has 0 spiro atoms. The molecule has 0 saturated heterocycles. The average molecular weight is 493 g/mol. The summed E-state index contributed by atoms with van der Waals surface area (Å²) in [6, 6.07) is 7.09. The number of pyridine rings is 2. The minimum absolute atomic E-state index is 0.420. The van der Waals surface area contributed by atoms with E-state index in [0.717, 1.165) is 44.1 Å². The number of aromatic nitrogens is 4. The second kappa shape index (κ2) is 8.75. The summed E-state index contributed by atoms with van der Waals surface area (Å²) in [6.45, 7) is 8.25. The smallest absolute Gasteiger partial charge is 0.215 e. The van der Waals surface area contributed by atoms with Gasteiger partial charge in [-0.1, -0.05) is 37.4 Å². The second-order valence-corrected chi connectivity index (χ2v) is 16.2. The molecule has 3 heterocycles. The van der Waals surface area contributed by atoms with E-state index >= 15 is 0 Å². The Balaban J connectivity index is 1.59. The number of rotatable bonds is 8. The lowest BCUT2D eigenvalue weighted by atomic mass is 9.86. The Labute approximate surface area is 184 Å². The highest BCUT2D eigenvalue weighted by molar-refractivity contribution is 9.10. The van der Waals surface area contributed by atoms with Crippen LogP contribution in [0.15, 0.2) is 28.9 Å². The highest BCUT2D eigenvalue weighted by atomic mass is 79.9. The van der Waals surface area contributed by atoms with E-state index in [2.05, 4.69) is 50.8 Å². The molecule has 1 fully saturated rings. The molecular formula is C20H26BrN5OSSi. The summed E-state index contributed by atoms with van der Waals surface area (Å²) < 4.78 is 6.97. The van der Waals surface area contributed by atoms with E-state index < -0.39 is 8.07 Å². The monoisotopic (exact) mass is 491 g/mol. The van der Waals surface area contributed by atoms with Crippen molar-refractivity contribution in [3.63, 3.8) is 0 Å². The van der Waals surface area contributed by atoms with E-state index in [1.807, 2.05) is 23.1 Å². The summed E-state index contributed by atoms with van der Waals surface area (Å²) in [4.78, 5) is 11.3. The molecule has 0 unspecified atom stereocenters. The summed E-state index contributed by atoms with van der Waals surface area (Å²) in [7, 11) is -1.14. The Morgan fingerprint density at radius 2 is 2.03 bits per heavy atom. The maximum Gasteiger partial charge on any atom is 0.215 e. The minimum Gasteiger partial charge on any atom is -0.361 e. The van der Waals surface area contributed by atoms with Gasteiger partial charge in [0.05, 0.1) is 11.0 Å². The lowest BCUT2D eigenvalue weighted by Crippen LogP contribution is -2.26. The van der Waals surface area contributed by atoms with E-state index in [4.69, 9.17) is 9.72 Å². The fourth-order valence-electron chi connectivity index (χ4n) is 3.03. The number of fused-ring (bicyclic) bond motifs is 1. The lowest BCUT2D eigenvalue weighted by Gasteiger charge is -2.23. The topological polar surface area (TPSA) is 64.0 Å². The molecule has 1 aliphatic rings. The molecule has 0 atom stereocenters. The highest BCUT2D eigenvalue weighted by Gasteiger charge is 2.25. The first-order valence-electron chi connectivity index (χ1n) is 10.00. The van der Waals surface area contributed by atoms with Gasteiger partial charge in [-0.25, -0.2) is 4.98 Å². The van der Waals surface area contributed by atoms with Gasteiger partial charge in [0, 0.05) is 31.3 Å². The Hall–Kier alpha value is -1.42. The number of hydrogen-bond acceptors (Lipinski definition) is 7. The first kappa shape index (κ1) is 20.8. The zero-order valence-electron chi connectivity index (χ0n) is 17.1. The molecule has 154 valence electrons. The van der Waals surface area contributed by atoms with Crippen LogP contribution in [-0.2, 0) is 4.74 Å². The van der Waals surface area contributed by atoms with Crippen molar-refractivity contribution in [3.8, 4) is 0 Å². The summed E-state index contributed by atoms with van der Waals surface area (Å²) in [5.74, 6) is 1.38. The van der Waals surface area contributed by atoms with Crippen molar-refractivity contribution in [2.45, 2.75) is 50.9 Å². The molecule has 0 aromatic carbocycles. The van der Waals surface area contributed by atoms with Gasteiger partial charge < -0.3 is 4.74 Å². The molecule has 9 heteroatoms. The van der Waals surface area contributed by atoms with Gasteiger partial charge in [0.25, 0.3) is 0 Å². The summed E-state index contributed by atoms with van der Waals surface area (Å²) in [6.07, 6.45) is 5.51. The minimum atomic E-state index is -1.14.